The lowest BCUT2D eigenvalue weighted by molar-refractivity contribution is 0.0525. The second kappa shape index (κ2) is 4.25. The number of ether oxygens (including phenoxy) is 1. The van der Waals surface area contributed by atoms with E-state index in [1.165, 1.54) is 6.33 Å². The van der Waals surface area contributed by atoms with Gasteiger partial charge in [0.2, 0.25) is 0 Å². The van der Waals surface area contributed by atoms with Crippen LogP contribution in [0.4, 0.5) is 0 Å². The normalized spacial score (nSPS) is 12.7. The largest absolute Gasteiger partial charge is 0.462 e. The Kier molecular flexibility index (Phi) is 2.59. The van der Waals surface area contributed by atoms with E-state index in [0.29, 0.717) is 12.2 Å². The lowest BCUT2D eigenvalue weighted by atomic mass is 10.0. The number of hydrogen-bond donors (Lipinski definition) is 0. The summed E-state index contributed by atoms with van der Waals surface area (Å²) in [5.74, 6) is 0.602. The number of aryl methyl sites for hydroxylation is 1. The van der Waals surface area contributed by atoms with Crippen molar-refractivity contribution < 1.29 is 9.53 Å². The van der Waals surface area contributed by atoms with E-state index < -0.39 is 0 Å². The van der Waals surface area contributed by atoms with Crippen LogP contribution in [0.1, 0.15) is 28.5 Å². The van der Waals surface area contributed by atoms with E-state index in [1.54, 1.807) is 6.07 Å². The Hall–Kier alpha value is -2.17. The Bertz CT molecular complexity index is 604. The van der Waals surface area contributed by atoms with Crippen LogP contribution >= 0.6 is 0 Å². The van der Waals surface area contributed by atoms with E-state index in [0.717, 1.165) is 29.9 Å². The average Bonchev–Trinajstić information content (AvgIpc) is 2.83. The summed E-state index contributed by atoms with van der Waals surface area (Å²) in [5.41, 5.74) is 2.72. The first kappa shape index (κ1) is 11.0. The van der Waals surface area contributed by atoms with Gasteiger partial charge in [-0.05, 0) is 25.8 Å². The molecule has 18 heavy (non-hydrogen) atoms. The molecule has 3 rings (SSSR count). The minimum atomic E-state index is -0.260. The lowest BCUT2D eigenvalue weighted by Crippen LogP contribution is -2.16. The summed E-state index contributed by atoms with van der Waals surface area (Å²) in [4.78, 5) is 20.1. The van der Waals surface area contributed by atoms with Crippen molar-refractivity contribution in [2.75, 3.05) is 6.61 Å². The number of carbonyl (C=O) groups excluding carboxylic acids is 1. The molecule has 5 heteroatoms. The molecule has 0 atom stereocenters. The molecular weight excluding hydrogens is 230 g/mol. The zero-order valence-electron chi connectivity index (χ0n) is 10.1. The van der Waals surface area contributed by atoms with Crippen LogP contribution in [0, 0.1) is 0 Å². The first-order valence-electron chi connectivity index (χ1n) is 5.98. The summed E-state index contributed by atoms with van der Waals surface area (Å²) in [6, 6.07) is 1.80. The molecule has 2 aromatic heterocycles. The van der Waals surface area contributed by atoms with E-state index in [-0.39, 0.29) is 5.97 Å². The molecule has 0 radical (unpaired) electrons. The Morgan fingerprint density at radius 1 is 1.50 bits per heavy atom. The number of carbonyl (C=O) groups is 1. The van der Waals surface area contributed by atoms with Crippen LogP contribution in [-0.2, 0) is 17.6 Å². The Balaban J connectivity index is 2.07. The van der Waals surface area contributed by atoms with Gasteiger partial charge >= 0.3 is 5.97 Å². The average molecular weight is 243 g/mol. The summed E-state index contributed by atoms with van der Waals surface area (Å²) in [7, 11) is 0. The SMILES string of the molecule is CCOC(=O)c1ccn2c1CCc1cncnc1-2. The van der Waals surface area contributed by atoms with Crippen molar-refractivity contribution in [1.29, 1.82) is 0 Å². The van der Waals surface area contributed by atoms with Gasteiger partial charge in [-0.3, -0.25) is 0 Å². The van der Waals surface area contributed by atoms with E-state index in [9.17, 15) is 4.79 Å². The van der Waals surface area contributed by atoms with Gasteiger partial charge in [0.05, 0.1) is 12.2 Å². The fourth-order valence-corrected chi connectivity index (χ4v) is 2.31. The minimum Gasteiger partial charge on any atom is -0.462 e. The highest BCUT2D eigenvalue weighted by Crippen LogP contribution is 2.25. The van der Waals surface area contributed by atoms with Gasteiger partial charge in [0.1, 0.15) is 12.1 Å². The van der Waals surface area contributed by atoms with Crippen molar-refractivity contribution in [2.24, 2.45) is 0 Å². The number of esters is 1. The molecule has 0 unspecified atom stereocenters. The van der Waals surface area contributed by atoms with Gasteiger partial charge in [0.15, 0.2) is 0 Å². The fourth-order valence-electron chi connectivity index (χ4n) is 2.31. The topological polar surface area (TPSA) is 57.0 Å². The zero-order valence-corrected chi connectivity index (χ0v) is 10.1. The quantitative estimate of drug-likeness (QED) is 0.751. The highest BCUT2D eigenvalue weighted by atomic mass is 16.5. The van der Waals surface area contributed by atoms with Crippen LogP contribution in [0.2, 0.25) is 0 Å². The number of hydrogen-bond acceptors (Lipinski definition) is 4. The van der Waals surface area contributed by atoms with Gasteiger partial charge < -0.3 is 9.30 Å². The highest BCUT2D eigenvalue weighted by Gasteiger charge is 2.23. The molecule has 2 aromatic rings. The molecule has 0 saturated carbocycles. The van der Waals surface area contributed by atoms with Gasteiger partial charge in [0.25, 0.3) is 0 Å². The van der Waals surface area contributed by atoms with Crippen LogP contribution in [0.5, 0.6) is 0 Å². The van der Waals surface area contributed by atoms with Gasteiger partial charge in [-0.25, -0.2) is 14.8 Å². The molecule has 1 aliphatic heterocycles. The molecule has 92 valence electrons. The van der Waals surface area contributed by atoms with E-state index >= 15 is 0 Å². The standard InChI is InChI=1S/C13H13N3O2/c1-2-18-13(17)10-5-6-16-11(10)4-3-9-7-14-8-15-12(9)16/h5-8H,2-4H2,1H3. The molecule has 0 N–H and O–H groups in total. The third-order valence-electron chi connectivity index (χ3n) is 3.11. The van der Waals surface area contributed by atoms with E-state index in [4.69, 9.17) is 4.74 Å². The van der Waals surface area contributed by atoms with Crippen molar-refractivity contribution in [2.45, 2.75) is 19.8 Å². The highest BCUT2D eigenvalue weighted by molar-refractivity contribution is 5.91. The van der Waals surface area contributed by atoms with Gasteiger partial charge in [-0.15, -0.1) is 0 Å². The van der Waals surface area contributed by atoms with Gasteiger partial charge in [-0.2, -0.15) is 0 Å². The predicted molar refractivity (Wildman–Crippen MR) is 64.7 cm³/mol. The van der Waals surface area contributed by atoms with E-state index in [2.05, 4.69) is 9.97 Å². The fraction of sp³-hybridized carbons (Fsp3) is 0.308. The third-order valence-corrected chi connectivity index (χ3v) is 3.11. The maximum Gasteiger partial charge on any atom is 0.339 e. The lowest BCUT2D eigenvalue weighted by Gasteiger charge is -2.18. The number of fused-ring (bicyclic) bond motifs is 3. The Morgan fingerprint density at radius 2 is 2.39 bits per heavy atom. The van der Waals surface area contributed by atoms with Crippen LogP contribution in [-0.4, -0.2) is 27.1 Å². The van der Waals surface area contributed by atoms with Crippen LogP contribution in [0.15, 0.2) is 24.8 Å². The number of rotatable bonds is 2. The van der Waals surface area contributed by atoms with Crippen LogP contribution in [0.25, 0.3) is 5.82 Å². The monoisotopic (exact) mass is 243 g/mol. The van der Waals surface area contributed by atoms with Crippen molar-refractivity contribution in [3.63, 3.8) is 0 Å². The van der Waals surface area contributed by atoms with Gasteiger partial charge in [0, 0.05) is 23.7 Å². The maximum absolute atomic E-state index is 11.8. The first-order chi connectivity index (χ1) is 8.81. The van der Waals surface area contributed by atoms with Crippen molar-refractivity contribution in [1.82, 2.24) is 14.5 Å². The molecule has 3 heterocycles. The van der Waals surface area contributed by atoms with Crippen molar-refractivity contribution in [3.05, 3.63) is 41.6 Å². The maximum atomic E-state index is 11.8. The molecular formula is C13H13N3O2. The minimum absolute atomic E-state index is 0.260. The zero-order chi connectivity index (χ0) is 12.5. The third kappa shape index (κ3) is 1.59. The van der Waals surface area contributed by atoms with E-state index in [1.807, 2.05) is 23.9 Å². The molecule has 0 aromatic carbocycles. The molecule has 1 aliphatic rings. The molecule has 0 saturated heterocycles. The van der Waals surface area contributed by atoms with Crippen molar-refractivity contribution in [3.8, 4) is 5.82 Å². The summed E-state index contributed by atoms with van der Waals surface area (Å²) in [6.07, 6.45) is 6.88. The summed E-state index contributed by atoms with van der Waals surface area (Å²) < 4.78 is 7.01. The summed E-state index contributed by atoms with van der Waals surface area (Å²) >= 11 is 0. The second-order valence-corrected chi connectivity index (χ2v) is 4.14. The van der Waals surface area contributed by atoms with Crippen LogP contribution < -0.4 is 0 Å². The first-order valence-corrected chi connectivity index (χ1v) is 5.98. The second-order valence-electron chi connectivity index (χ2n) is 4.14. The predicted octanol–water partition coefficient (Wildman–Crippen LogP) is 1.54. The summed E-state index contributed by atoms with van der Waals surface area (Å²) in [6.45, 7) is 2.20. The molecule has 0 aliphatic carbocycles. The summed E-state index contributed by atoms with van der Waals surface area (Å²) in [5, 5.41) is 0. The Morgan fingerprint density at radius 3 is 3.22 bits per heavy atom. The Labute approximate surface area is 104 Å². The van der Waals surface area contributed by atoms with Gasteiger partial charge in [-0.1, -0.05) is 0 Å². The molecule has 0 spiro atoms. The van der Waals surface area contributed by atoms with Crippen molar-refractivity contribution >= 4 is 5.97 Å². The molecule has 0 bridgehead atoms. The molecule has 5 nitrogen and oxygen atoms in total. The molecule has 0 amide bonds. The number of nitrogens with zero attached hydrogens (tertiary/aromatic N) is 3. The molecule has 0 fully saturated rings. The van der Waals surface area contributed by atoms with Crippen LogP contribution in [0.3, 0.4) is 0 Å². The number of aromatic nitrogens is 3. The smallest absolute Gasteiger partial charge is 0.339 e.